The maximum atomic E-state index is 12.3. The molecular formula is C17H25F2N2O4+. The third-order valence-corrected chi connectivity index (χ3v) is 3.96. The van der Waals surface area contributed by atoms with Gasteiger partial charge in [-0.2, -0.15) is 8.78 Å². The summed E-state index contributed by atoms with van der Waals surface area (Å²) in [6, 6.07) is 4.60. The van der Waals surface area contributed by atoms with E-state index in [2.05, 4.69) is 10.1 Å². The maximum absolute atomic E-state index is 12.3. The summed E-state index contributed by atoms with van der Waals surface area (Å²) < 4.78 is 39.7. The van der Waals surface area contributed by atoms with E-state index in [4.69, 9.17) is 9.47 Å². The molecule has 0 spiro atoms. The summed E-state index contributed by atoms with van der Waals surface area (Å²) in [5.41, 5.74) is 0.741. The van der Waals surface area contributed by atoms with Crippen LogP contribution in [0.2, 0.25) is 0 Å². The lowest BCUT2D eigenvalue weighted by atomic mass is 10.2. The molecule has 8 heteroatoms. The lowest BCUT2D eigenvalue weighted by molar-refractivity contribution is -0.907. The number of morpholine rings is 1. The summed E-state index contributed by atoms with van der Waals surface area (Å²) in [6.07, 6.45) is 0.274. The number of quaternary nitrogens is 1. The number of carbonyl (C=O) groups excluding carboxylic acids is 1. The van der Waals surface area contributed by atoms with Crippen molar-refractivity contribution in [2.75, 3.05) is 26.7 Å². The zero-order chi connectivity index (χ0) is 18.4. The lowest BCUT2D eigenvalue weighted by Crippen LogP contribution is -3.16. The first-order valence-corrected chi connectivity index (χ1v) is 8.24. The van der Waals surface area contributed by atoms with Crippen LogP contribution in [0.4, 0.5) is 8.78 Å². The molecular weight excluding hydrogens is 334 g/mol. The predicted octanol–water partition coefficient (Wildman–Crippen LogP) is 0.605. The summed E-state index contributed by atoms with van der Waals surface area (Å²) in [7, 11) is 1.38. The molecule has 1 heterocycles. The van der Waals surface area contributed by atoms with Crippen LogP contribution < -0.4 is 19.7 Å². The molecule has 0 saturated carbocycles. The first kappa shape index (κ1) is 19.4. The third kappa shape index (κ3) is 6.13. The molecule has 0 aliphatic carbocycles. The van der Waals surface area contributed by atoms with Gasteiger partial charge in [-0.05, 0) is 31.5 Å². The number of methoxy groups -OCH3 is 1. The normalized spacial score (nSPS) is 23.4. The van der Waals surface area contributed by atoms with E-state index < -0.39 is 6.61 Å². The predicted molar refractivity (Wildman–Crippen MR) is 87.0 cm³/mol. The zero-order valence-corrected chi connectivity index (χ0v) is 14.7. The third-order valence-electron chi connectivity index (χ3n) is 3.96. The Balaban J connectivity index is 1.86. The van der Waals surface area contributed by atoms with Gasteiger partial charge in [-0.15, -0.1) is 0 Å². The summed E-state index contributed by atoms with van der Waals surface area (Å²) in [4.78, 5) is 13.3. The molecule has 140 valence electrons. The van der Waals surface area contributed by atoms with Crippen molar-refractivity contribution in [3.63, 3.8) is 0 Å². The van der Waals surface area contributed by atoms with E-state index in [1.807, 2.05) is 13.8 Å². The van der Waals surface area contributed by atoms with Gasteiger partial charge < -0.3 is 24.4 Å². The van der Waals surface area contributed by atoms with Gasteiger partial charge in [-0.3, -0.25) is 4.79 Å². The zero-order valence-electron chi connectivity index (χ0n) is 14.7. The Morgan fingerprint density at radius 3 is 2.60 bits per heavy atom. The fourth-order valence-electron chi connectivity index (χ4n) is 3.04. The summed E-state index contributed by atoms with van der Waals surface area (Å²) in [5, 5.41) is 2.84. The van der Waals surface area contributed by atoms with Gasteiger partial charge in [-0.25, -0.2) is 0 Å². The second kappa shape index (κ2) is 8.96. The van der Waals surface area contributed by atoms with Crippen molar-refractivity contribution in [3.05, 3.63) is 23.8 Å². The van der Waals surface area contributed by atoms with Gasteiger partial charge in [-0.1, -0.05) is 6.07 Å². The number of nitrogens with one attached hydrogen (secondary N) is 2. The molecule has 0 aromatic heterocycles. The first-order valence-electron chi connectivity index (χ1n) is 8.24. The van der Waals surface area contributed by atoms with Crippen molar-refractivity contribution in [1.82, 2.24) is 5.32 Å². The molecule has 1 aliphatic rings. The minimum absolute atomic E-state index is 0.0340. The van der Waals surface area contributed by atoms with Crippen molar-refractivity contribution in [3.8, 4) is 11.5 Å². The molecule has 1 saturated heterocycles. The van der Waals surface area contributed by atoms with E-state index in [-0.39, 0.29) is 29.6 Å². The molecule has 2 N–H and O–H groups in total. The second-order valence-corrected chi connectivity index (χ2v) is 6.23. The first-order chi connectivity index (χ1) is 11.9. The highest BCUT2D eigenvalue weighted by molar-refractivity contribution is 5.76. The topological polar surface area (TPSA) is 61.2 Å². The van der Waals surface area contributed by atoms with Crippen molar-refractivity contribution >= 4 is 5.91 Å². The lowest BCUT2D eigenvalue weighted by Gasteiger charge is -2.31. The smallest absolute Gasteiger partial charge is 0.387 e. The summed E-state index contributed by atoms with van der Waals surface area (Å²) in [5.74, 6) is 0.102. The van der Waals surface area contributed by atoms with Crippen molar-refractivity contribution in [1.29, 1.82) is 0 Å². The molecule has 1 aromatic rings. The van der Waals surface area contributed by atoms with Crippen LogP contribution in [0, 0.1) is 0 Å². The Hall–Kier alpha value is -1.93. The van der Waals surface area contributed by atoms with Gasteiger partial charge in [0, 0.05) is 6.54 Å². The molecule has 1 fully saturated rings. The highest BCUT2D eigenvalue weighted by Crippen LogP contribution is 2.29. The van der Waals surface area contributed by atoms with Crippen LogP contribution in [-0.4, -0.2) is 51.5 Å². The molecule has 0 bridgehead atoms. The fraction of sp³-hybridized carbons (Fsp3) is 0.588. The Labute approximate surface area is 146 Å². The minimum Gasteiger partial charge on any atom is -0.493 e. The van der Waals surface area contributed by atoms with Gasteiger partial charge in [0.2, 0.25) is 0 Å². The second-order valence-electron chi connectivity index (χ2n) is 6.23. The fourth-order valence-corrected chi connectivity index (χ4v) is 3.04. The highest BCUT2D eigenvalue weighted by atomic mass is 19.3. The Kier molecular flexibility index (Phi) is 6.95. The van der Waals surface area contributed by atoms with E-state index in [0.717, 1.165) is 18.7 Å². The van der Waals surface area contributed by atoms with Crippen LogP contribution in [-0.2, 0) is 16.1 Å². The minimum atomic E-state index is -2.92. The molecule has 1 aliphatic heterocycles. The summed E-state index contributed by atoms with van der Waals surface area (Å²) >= 11 is 0. The highest BCUT2D eigenvalue weighted by Gasteiger charge is 2.27. The number of rotatable bonds is 7. The van der Waals surface area contributed by atoms with Crippen LogP contribution in [0.3, 0.4) is 0 Å². The van der Waals surface area contributed by atoms with Gasteiger partial charge in [0.05, 0.1) is 7.11 Å². The number of carbonyl (C=O) groups is 1. The van der Waals surface area contributed by atoms with Crippen molar-refractivity contribution < 1.29 is 32.7 Å². The Morgan fingerprint density at radius 2 is 2.00 bits per heavy atom. The molecule has 2 rings (SSSR count). The average molecular weight is 359 g/mol. The van der Waals surface area contributed by atoms with E-state index >= 15 is 0 Å². The quantitative estimate of drug-likeness (QED) is 0.749. The standard InChI is InChI=1S/C17H24F2N2O4/c1-11-8-21(9-12(2)24-11)10-16(22)20-7-13-4-5-14(25-17(18)19)15(6-13)23-3/h4-6,11-12,17H,7-10H2,1-3H3,(H,20,22)/p+1/t11-,12-/m1/s1. The number of alkyl halides is 2. The molecule has 1 amide bonds. The average Bonchev–Trinajstić information content (AvgIpc) is 2.52. The van der Waals surface area contributed by atoms with Crippen LogP contribution in [0.15, 0.2) is 18.2 Å². The van der Waals surface area contributed by atoms with Crippen molar-refractivity contribution in [2.24, 2.45) is 0 Å². The number of halogens is 2. The van der Waals surface area contributed by atoms with Crippen molar-refractivity contribution in [2.45, 2.75) is 39.2 Å². The number of amides is 1. The number of ether oxygens (including phenoxy) is 3. The van der Waals surface area contributed by atoms with Gasteiger partial charge in [0.15, 0.2) is 18.0 Å². The van der Waals surface area contributed by atoms with Crippen LogP contribution in [0.1, 0.15) is 19.4 Å². The van der Waals surface area contributed by atoms with E-state index in [0.29, 0.717) is 13.1 Å². The van der Waals surface area contributed by atoms with Gasteiger partial charge >= 0.3 is 6.61 Å². The van der Waals surface area contributed by atoms with Crippen LogP contribution in [0.5, 0.6) is 11.5 Å². The van der Waals surface area contributed by atoms with E-state index in [9.17, 15) is 13.6 Å². The monoisotopic (exact) mass is 359 g/mol. The Bertz CT molecular complexity index is 576. The van der Waals surface area contributed by atoms with Crippen LogP contribution >= 0.6 is 0 Å². The molecule has 0 unspecified atom stereocenters. The van der Waals surface area contributed by atoms with E-state index in [1.54, 1.807) is 12.1 Å². The molecule has 1 aromatic carbocycles. The van der Waals surface area contributed by atoms with Crippen LogP contribution in [0.25, 0.3) is 0 Å². The number of hydrogen-bond acceptors (Lipinski definition) is 4. The molecule has 0 radical (unpaired) electrons. The Morgan fingerprint density at radius 1 is 1.32 bits per heavy atom. The molecule has 6 nitrogen and oxygen atoms in total. The van der Waals surface area contributed by atoms with Gasteiger partial charge in [0.25, 0.3) is 5.91 Å². The largest absolute Gasteiger partial charge is 0.493 e. The molecule has 25 heavy (non-hydrogen) atoms. The molecule has 2 atom stereocenters. The van der Waals surface area contributed by atoms with Gasteiger partial charge in [0.1, 0.15) is 25.3 Å². The van der Waals surface area contributed by atoms with E-state index in [1.165, 1.54) is 18.1 Å². The number of hydrogen-bond donors (Lipinski definition) is 2. The maximum Gasteiger partial charge on any atom is 0.387 e. The SMILES string of the molecule is COc1cc(CNC(=O)C[NH+]2C[C@@H](C)O[C@H](C)C2)ccc1OC(F)F. The summed E-state index contributed by atoms with van der Waals surface area (Å²) in [6.45, 7) is 3.35. The number of benzene rings is 1.